The van der Waals surface area contributed by atoms with Gasteiger partial charge in [-0.15, -0.1) is 0 Å². The number of hydrogen-bond donors (Lipinski definition) is 0. The van der Waals surface area contributed by atoms with Gasteiger partial charge in [0.15, 0.2) is 0 Å². The van der Waals surface area contributed by atoms with E-state index in [0.29, 0.717) is 0 Å². The smallest absolute Gasteiger partial charge is 0.0886 e. The number of allylic oxidation sites excluding steroid dienone is 3. The highest BCUT2D eigenvalue weighted by Crippen LogP contribution is 2.04. The Bertz CT molecular complexity index is 387. The molecule has 0 aliphatic heterocycles. The van der Waals surface area contributed by atoms with Crippen LogP contribution in [0.3, 0.4) is 0 Å². The zero-order chi connectivity index (χ0) is 10.9. The van der Waals surface area contributed by atoms with Crippen LogP contribution in [0.5, 0.6) is 0 Å². The van der Waals surface area contributed by atoms with Crippen LogP contribution in [0.2, 0.25) is 0 Å². The quantitative estimate of drug-likeness (QED) is 0.552. The van der Waals surface area contributed by atoms with Crippen molar-refractivity contribution in [3.8, 4) is 0 Å². The van der Waals surface area contributed by atoms with Crippen molar-refractivity contribution in [2.45, 2.75) is 6.92 Å². The highest BCUT2D eigenvalue weighted by atomic mass is 28.1. The van der Waals surface area contributed by atoms with Crippen LogP contribution in [0.1, 0.15) is 6.92 Å². The van der Waals surface area contributed by atoms with Crippen LogP contribution in [-0.4, -0.2) is 20.9 Å². The molecule has 1 heterocycles. The van der Waals surface area contributed by atoms with Crippen molar-refractivity contribution < 1.29 is 0 Å². The molecule has 0 radical (unpaired) electrons. The summed E-state index contributed by atoms with van der Waals surface area (Å²) in [5.74, 6) is 0. The molecule has 2 nitrogen and oxygen atoms in total. The van der Waals surface area contributed by atoms with Gasteiger partial charge in [0.05, 0.1) is 11.0 Å². The molecule has 0 fully saturated rings. The van der Waals surface area contributed by atoms with Crippen LogP contribution in [0.15, 0.2) is 61.5 Å². The second kappa shape index (κ2) is 8.56. The van der Waals surface area contributed by atoms with Crippen molar-refractivity contribution >= 4 is 22.0 Å². The lowest BCUT2D eigenvalue weighted by Crippen LogP contribution is -1.78. The van der Waals surface area contributed by atoms with E-state index in [9.17, 15) is 0 Å². The molecule has 2 rings (SSSR count). The molecule has 0 unspecified atom stereocenters. The Morgan fingerprint density at radius 1 is 1.06 bits per heavy atom. The maximum absolute atomic E-state index is 4.12. The first-order chi connectivity index (χ1) is 7.38. The summed E-state index contributed by atoms with van der Waals surface area (Å²) in [6.45, 7) is 5.42. The maximum atomic E-state index is 4.12. The summed E-state index contributed by atoms with van der Waals surface area (Å²) in [7, 11) is 0. The van der Waals surface area contributed by atoms with Gasteiger partial charge in [0.1, 0.15) is 0 Å². The van der Waals surface area contributed by atoms with Crippen LogP contribution in [0.25, 0.3) is 11.0 Å². The Morgan fingerprint density at radius 3 is 1.88 bits per heavy atom. The summed E-state index contributed by atoms with van der Waals surface area (Å²) in [5, 5.41) is 0. The van der Waals surface area contributed by atoms with Crippen LogP contribution in [0.4, 0.5) is 0 Å². The third-order valence-corrected chi connectivity index (χ3v) is 1.70. The van der Waals surface area contributed by atoms with Gasteiger partial charge in [-0.2, -0.15) is 0 Å². The molecule has 1 aromatic carbocycles. The molecule has 16 heavy (non-hydrogen) atoms. The van der Waals surface area contributed by atoms with E-state index in [1.165, 1.54) is 0 Å². The van der Waals surface area contributed by atoms with Crippen molar-refractivity contribution in [3.63, 3.8) is 0 Å². The maximum Gasteiger partial charge on any atom is 0.0886 e. The molecule has 0 spiro atoms. The van der Waals surface area contributed by atoms with E-state index in [-0.39, 0.29) is 11.0 Å². The van der Waals surface area contributed by atoms with Crippen LogP contribution < -0.4 is 0 Å². The molecule has 0 saturated carbocycles. The first-order valence-electron chi connectivity index (χ1n) is 4.78. The SMILES string of the molecule is C=CC=CC.[SiH4].c1ccc2nccnc2c1. The number of rotatable bonds is 1. The molecule has 3 heteroatoms. The van der Waals surface area contributed by atoms with E-state index < -0.39 is 0 Å². The fraction of sp³-hybridized carbons (Fsp3) is 0.0769. The summed E-state index contributed by atoms with van der Waals surface area (Å²) in [6, 6.07) is 7.80. The van der Waals surface area contributed by atoms with Crippen LogP contribution in [0, 0.1) is 0 Å². The number of fused-ring (bicyclic) bond motifs is 1. The predicted octanol–water partition coefficient (Wildman–Crippen LogP) is 1.93. The van der Waals surface area contributed by atoms with Gasteiger partial charge in [-0.1, -0.05) is 36.9 Å². The molecule has 1 aromatic heterocycles. The number of para-hydroxylation sites is 2. The monoisotopic (exact) mass is 230 g/mol. The zero-order valence-corrected chi connectivity index (χ0v) is 8.80. The Kier molecular flexibility index (Phi) is 7.62. The van der Waals surface area contributed by atoms with Gasteiger partial charge in [0.2, 0.25) is 0 Å². The van der Waals surface area contributed by atoms with E-state index in [0.717, 1.165) is 11.0 Å². The van der Waals surface area contributed by atoms with Crippen LogP contribution >= 0.6 is 0 Å². The fourth-order valence-electron chi connectivity index (χ4n) is 1.05. The zero-order valence-electron chi connectivity index (χ0n) is 8.80. The van der Waals surface area contributed by atoms with Crippen molar-refractivity contribution in [3.05, 3.63) is 61.5 Å². The first-order valence-corrected chi connectivity index (χ1v) is 4.78. The minimum Gasteiger partial charge on any atom is -0.253 e. The minimum atomic E-state index is 0. The molecule has 84 valence electrons. The lowest BCUT2D eigenvalue weighted by molar-refractivity contribution is 1.29. The second-order valence-corrected chi connectivity index (χ2v) is 2.81. The van der Waals surface area contributed by atoms with E-state index >= 15 is 0 Å². The average Bonchev–Trinajstić information content (AvgIpc) is 2.31. The summed E-state index contributed by atoms with van der Waals surface area (Å²) in [6.07, 6.45) is 8.97. The molecular formula is C13H18N2Si. The lowest BCUT2D eigenvalue weighted by atomic mass is 10.3. The molecule has 2 aromatic rings. The largest absolute Gasteiger partial charge is 0.253 e. The molecule has 0 atom stereocenters. The van der Waals surface area contributed by atoms with E-state index in [2.05, 4.69) is 16.5 Å². The van der Waals surface area contributed by atoms with Crippen molar-refractivity contribution in [1.82, 2.24) is 9.97 Å². The molecule has 0 saturated heterocycles. The summed E-state index contributed by atoms with van der Waals surface area (Å²) in [5.41, 5.74) is 1.90. The Balaban J connectivity index is 0.000000330. The van der Waals surface area contributed by atoms with Crippen LogP contribution in [-0.2, 0) is 0 Å². The first kappa shape index (κ1) is 14.3. The minimum absolute atomic E-state index is 0. The Morgan fingerprint density at radius 2 is 1.56 bits per heavy atom. The fourth-order valence-corrected chi connectivity index (χ4v) is 1.05. The summed E-state index contributed by atoms with van der Waals surface area (Å²) < 4.78 is 0. The third kappa shape index (κ3) is 4.66. The Labute approximate surface area is 101 Å². The molecule has 0 bridgehead atoms. The standard InChI is InChI=1S/C8H6N2.C5H8.H4Si/c1-2-4-8-7(3-1)9-5-6-10-8;1-3-5-4-2;/h1-6H;3-5H,1H2,2H3;1H4. The highest BCUT2D eigenvalue weighted by molar-refractivity contribution is 5.75. The summed E-state index contributed by atoms with van der Waals surface area (Å²) in [4.78, 5) is 8.24. The number of aromatic nitrogens is 2. The number of benzene rings is 1. The van der Waals surface area contributed by atoms with E-state index in [1.807, 2.05) is 43.3 Å². The third-order valence-electron chi connectivity index (χ3n) is 1.70. The predicted molar refractivity (Wildman–Crippen MR) is 75.9 cm³/mol. The second-order valence-electron chi connectivity index (χ2n) is 2.81. The van der Waals surface area contributed by atoms with Crippen molar-refractivity contribution in [1.29, 1.82) is 0 Å². The summed E-state index contributed by atoms with van der Waals surface area (Å²) >= 11 is 0. The number of nitrogens with zero attached hydrogens (tertiary/aromatic N) is 2. The average molecular weight is 230 g/mol. The Hall–Kier alpha value is -1.74. The molecule has 0 N–H and O–H groups in total. The molecule has 0 amide bonds. The lowest BCUT2D eigenvalue weighted by Gasteiger charge is -1.90. The van der Waals surface area contributed by atoms with E-state index in [1.54, 1.807) is 18.5 Å². The van der Waals surface area contributed by atoms with Gasteiger partial charge in [-0.05, 0) is 30.0 Å². The molecular weight excluding hydrogens is 212 g/mol. The van der Waals surface area contributed by atoms with Crippen molar-refractivity contribution in [2.75, 3.05) is 0 Å². The van der Waals surface area contributed by atoms with Gasteiger partial charge in [0, 0.05) is 12.4 Å². The molecule has 0 aliphatic rings. The molecule has 0 aliphatic carbocycles. The van der Waals surface area contributed by atoms with E-state index in [4.69, 9.17) is 0 Å². The van der Waals surface area contributed by atoms with Gasteiger partial charge >= 0.3 is 0 Å². The van der Waals surface area contributed by atoms with Gasteiger partial charge < -0.3 is 0 Å². The topological polar surface area (TPSA) is 25.8 Å². The highest BCUT2D eigenvalue weighted by Gasteiger charge is 1.88. The van der Waals surface area contributed by atoms with Gasteiger partial charge in [0.25, 0.3) is 0 Å². The normalized spacial score (nSPS) is 9.06. The van der Waals surface area contributed by atoms with Crippen molar-refractivity contribution in [2.24, 2.45) is 0 Å². The van der Waals surface area contributed by atoms with Gasteiger partial charge in [-0.3, -0.25) is 9.97 Å². The van der Waals surface area contributed by atoms with Gasteiger partial charge in [-0.25, -0.2) is 0 Å². The number of hydrogen-bond acceptors (Lipinski definition) is 2.